The molecular formula is C16H27N3O. The van der Waals surface area contributed by atoms with E-state index in [0.717, 1.165) is 26.1 Å². The third-order valence-corrected chi connectivity index (χ3v) is 5.18. The highest BCUT2D eigenvalue weighted by Gasteiger charge is 2.37. The van der Waals surface area contributed by atoms with E-state index in [-0.39, 0.29) is 6.10 Å². The second-order valence-corrected chi connectivity index (χ2v) is 6.33. The number of hydrogen-bond acceptors (Lipinski definition) is 3. The van der Waals surface area contributed by atoms with Crippen molar-refractivity contribution in [3.05, 3.63) is 18.2 Å². The molecule has 4 heteroatoms. The third-order valence-electron chi connectivity index (χ3n) is 5.18. The minimum Gasteiger partial charge on any atom is -0.393 e. The van der Waals surface area contributed by atoms with Gasteiger partial charge in [-0.1, -0.05) is 12.8 Å². The molecule has 1 aromatic heterocycles. The predicted molar refractivity (Wildman–Crippen MR) is 79.3 cm³/mol. The molecule has 4 nitrogen and oxygen atoms in total. The van der Waals surface area contributed by atoms with Crippen LogP contribution in [0.4, 0.5) is 0 Å². The Morgan fingerprint density at radius 1 is 1.25 bits per heavy atom. The highest BCUT2D eigenvalue weighted by atomic mass is 16.3. The van der Waals surface area contributed by atoms with Crippen LogP contribution in [0.15, 0.2) is 12.4 Å². The Hall–Kier alpha value is -0.870. The van der Waals surface area contributed by atoms with E-state index in [2.05, 4.69) is 27.6 Å². The molecule has 2 heterocycles. The standard InChI is InChI=1S/C16H27N3O/c1-2-18-11-9-17-16(18)12-19-10-5-7-14(19)13-6-3-4-8-15(13)20/h9,11,13-15,20H,2-8,10,12H2,1H3. The smallest absolute Gasteiger partial charge is 0.122 e. The maximum Gasteiger partial charge on any atom is 0.122 e. The summed E-state index contributed by atoms with van der Waals surface area (Å²) in [5.41, 5.74) is 0. The lowest BCUT2D eigenvalue weighted by Gasteiger charge is -2.37. The SMILES string of the molecule is CCn1ccnc1CN1CCCC1C1CCCCC1O. The third kappa shape index (κ3) is 2.77. The highest BCUT2D eigenvalue weighted by molar-refractivity contribution is 4.97. The van der Waals surface area contributed by atoms with Gasteiger partial charge in [-0.05, 0) is 39.2 Å². The fraction of sp³-hybridized carbons (Fsp3) is 0.812. The van der Waals surface area contributed by atoms with Crippen molar-refractivity contribution in [1.29, 1.82) is 0 Å². The molecule has 20 heavy (non-hydrogen) atoms. The summed E-state index contributed by atoms with van der Waals surface area (Å²) in [5.74, 6) is 1.65. The second kappa shape index (κ2) is 6.27. The molecule has 2 fully saturated rings. The highest BCUT2D eigenvalue weighted by Crippen LogP contribution is 2.35. The van der Waals surface area contributed by atoms with E-state index < -0.39 is 0 Å². The van der Waals surface area contributed by atoms with Crippen LogP contribution in [-0.4, -0.2) is 38.2 Å². The minimum absolute atomic E-state index is 0.0831. The van der Waals surface area contributed by atoms with Crippen LogP contribution in [0.3, 0.4) is 0 Å². The molecule has 0 radical (unpaired) electrons. The van der Waals surface area contributed by atoms with E-state index in [0.29, 0.717) is 12.0 Å². The van der Waals surface area contributed by atoms with Gasteiger partial charge in [0.05, 0.1) is 12.6 Å². The number of nitrogens with zero attached hydrogens (tertiary/aromatic N) is 3. The van der Waals surface area contributed by atoms with Crippen LogP contribution in [0.1, 0.15) is 51.3 Å². The molecule has 2 aliphatic rings. The molecule has 0 bridgehead atoms. The van der Waals surface area contributed by atoms with Crippen molar-refractivity contribution in [1.82, 2.24) is 14.5 Å². The minimum atomic E-state index is -0.0831. The predicted octanol–water partition coefficient (Wildman–Crippen LogP) is 2.42. The molecule has 3 rings (SSSR count). The van der Waals surface area contributed by atoms with Crippen molar-refractivity contribution in [2.45, 2.75) is 70.7 Å². The van der Waals surface area contributed by atoms with Crippen LogP contribution in [-0.2, 0) is 13.1 Å². The fourth-order valence-electron chi connectivity index (χ4n) is 4.08. The van der Waals surface area contributed by atoms with Crippen LogP contribution >= 0.6 is 0 Å². The van der Waals surface area contributed by atoms with Crippen LogP contribution in [0.25, 0.3) is 0 Å². The number of hydrogen-bond donors (Lipinski definition) is 1. The number of aryl methyl sites for hydroxylation is 1. The summed E-state index contributed by atoms with van der Waals surface area (Å²) in [6, 6.07) is 0.562. The molecule has 3 unspecified atom stereocenters. The molecule has 1 aliphatic carbocycles. The molecule has 0 aromatic carbocycles. The molecule has 1 N–H and O–H groups in total. The summed E-state index contributed by atoms with van der Waals surface area (Å²) in [6.07, 6.45) is 11.1. The average molecular weight is 277 g/mol. The maximum absolute atomic E-state index is 10.3. The van der Waals surface area contributed by atoms with Crippen molar-refractivity contribution in [3.63, 3.8) is 0 Å². The Kier molecular flexibility index (Phi) is 4.41. The Bertz CT molecular complexity index is 431. The topological polar surface area (TPSA) is 41.3 Å². The molecule has 1 aromatic rings. The largest absolute Gasteiger partial charge is 0.393 e. The molecule has 0 spiro atoms. The summed E-state index contributed by atoms with van der Waals surface area (Å²) in [5, 5.41) is 10.3. The number of likely N-dealkylation sites (tertiary alicyclic amines) is 1. The number of aliphatic hydroxyl groups is 1. The average Bonchev–Trinajstić information content (AvgIpc) is 3.09. The van der Waals surface area contributed by atoms with Gasteiger partial charge in [-0.2, -0.15) is 0 Å². The first-order chi connectivity index (χ1) is 9.79. The van der Waals surface area contributed by atoms with Gasteiger partial charge in [0.15, 0.2) is 0 Å². The van der Waals surface area contributed by atoms with E-state index in [9.17, 15) is 5.11 Å². The number of aliphatic hydroxyl groups excluding tert-OH is 1. The maximum atomic E-state index is 10.3. The van der Waals surface area contributed by atoms with Gasteiger partial charge in [-0.15, -0.1) is 0 Å². The van der Waals surface area contributed by atoms with Crippen molar-refractivity contribution in [2.24, 2.45) is 5.92 Å². The lowest BCUT2D eigenvalue weighted by molar-refractivity contribution is 0.0193. The fourth-order valence-corrected chi connectivity index (χ4v) is 4.08. The van der Waals surface area contributed by atoms with Crippen molar-refractivity contribution in [2.75, 3.05) is 6.54 Å². The van der Waals surface area contributed by atoms with E-state index >= 15 is 0 Å². The quantitative estimate of drug-likeness (QED) is 0.919. The van der Waals surface area contributed by atoms with Crippen molar-refractivity contribution >= 4 is 0 Å². The summed E-state index contributed by atoms with van der Waals surface area (Å²) < 4.78 is 2.23. The molecular weight excluding hydrogens is 250 g/mol. The second-order valence-electron chi connectivity index (χ2n) is 6.33. The zero-order valence-corrected chi connectivity index (χ0v) is 12.5. The van der Waals surface area contributed by atoms with E-state index in [1.165, 1.54) is 37.9 Å². The Morgan fingerprint density at radius 2 is 2.10 bits per heavy atom. The van der Waals surface area contributed by atoms with Crippen molar-refractivity contribution in [3.8, 4) is 0 Å². The normalized spacial score (nSPS) is 31.8. The Balaban J connectivity index is 1.69. The monoisotopic (exact) mass is 277 g/mol. The van der Waals surface area contributed by atoms with Crippen molar-refractivity contribution < 1.29 is 5.11 Å². The first-order valence-corrected chi connectivity index (χ1v) is 8.21. The molecule has 1 saturated heterocycles. The summed E-state index contributed by atoms with van der Waals surface area (Å²) in [7, 11) is 0. The van der Waals surface area contributed by atoms with E-state index in [4.69, 9.17) is 0 Å². The first-order valence-electron chi connectivity index (χ1n) is 8.21. The number of rotatable bonds is 4. The van der Waals surface area contributed by atoms with E-state index in [1.54, 1.807) is 0 Å². The molecule has 1 aliphatic heterocycles. The lowest BCUT2D eigenvalue weighted by atomic mass is 9.80. The van der Waals surface area contributed by atoms with Gasteiger partial charge in [0.1, 0.15) is 5.82 Å². The van der Waals surface area contributed by atoms with E-state index in [1.807, 2.05) is 6.20 Å². The first kappa shape index (κ1) is 14.1. The van der Waals surface area contributed by atoms with Gasteiger partial charge in [-0.3, -0.25) is 4.90 Å². The molecule has 1 saturated carbocycles. The molecule has 112 valence electrons. The molecule has 3 atom stereocenters. The van der Waals surface area contributed by atoms with Gasteiger partial charge >= 0.3 is 0 Å². The van der Waals surface area contributed by atoms with Gasteiger partial charge in [-0.25, -0.2) is 4.98 Å². The Labute approximate surface area is 121 Å². The van der Waals surface area contributed by atoms with Crippen LogP contribution < -0.4 is 0 Å². The van der Waals surface area contributed by atoms with Gasteiger partial charge < -0.3 is 9.67 Å². The van der Waals surface area contributed by atoms with Gasteiger partial charge in [0, 0.05) is 30.9 Å². The van der Waals surface area contributed by atoms with Crippen LogP contribution in [0.5, 0.6) is 0 Å². The lowest BCUT2D eigenvalue weighted by Crippen LogP contribution is -2.42. The Morgan fingerprint density at radius 3 is 2.90 bits per heavy atom. The van der Waals surface area contributed by atoms with Crippen LogP contribution in [0.2, 0.25) is 0 Å². The number of aromatic nitrogens is 2. The molecule has 0 amide bonds. The summed E-state index contributed by atoms with van der Waals surface area (Å²) in [6.45, 7) is 5.25. The zero-order valence-electron chi connectivity index (χ0n) is 12.5. The van der Waals surface area contributed by atoms with Gasteiger partial charge in [0.2, 0.25) is 0 Å². The zero-order chi connectivity index (χ0) is 13.9. The van der Waals surface area contributed by atoms with Gasteiger partial charge in [0.25, 0.3) is 0 Å². The summed E-state index contributed by atoms with van der Waals surface area (Å²) in [4.78, 5) is 7.07. The number of imidazole rings is 1. The summed E-state index contributed by atoms with van der Waals surface area (Å²) >= 11 is 0. The van der Waals surface area contributed by atoms with Crippen LogP contribution in [0, 0.1) is 5.92 Å².